The van der Waals surface area contributed by atoms with Crippen LogP contribution in [0.25, 0.3) is 0 Å². The molecule has 80 valence electrons. The van der Waals surface area contributed by atoms with Crippen LogP contribution in [0.2, 0.25) is 0 Å². The zero-order chi connectivity index (χ0) is 10.4. The number of nitrogens with two attached hydrogens (primary N) is 1. The highest BCUT2D eigenvalue weighted by molar-refractivity contribution is 4.89. The van der Waals surface area contributed by atoms with Gasteiger partial charge in [0.05, 0.1) is 0 Å². The van der Waals surface area contributed by atoms with Crippen LogP contribution in [0.1, 0.15) is 32.6 Å². The minimum Gasteiger partial charge on any atom is -0.330 e. The summed E-state index contributed by atoms with van der Waals surface area (Å²) >= 11 is 0. The summed E-state index contributed by atoms with van der Waals surface area (Å²) in [4.78, 5) is 2.50. The van der Waals surface area contributed by atoms with Gasteiger partial charge >= 0.3 is 0 Å². The van der Waals surface area contributed by atoms with Gasteiger partial charge in [0.1, 0.15) is 0 Å². The molecule has 2 nitrogen and oxygen atoms in total. The van der Waals surface area contributed by atoms with Gasteiger partial charge in [0, 0.05) is 19.0 Å². The van der Waals surface area contributed by atoms with Crippen LogP contribution >= 0.6 is 0 Å². The van der Waals surface area contributed by atoms with E-state index in [1.54, 1.807) is 0 Å². The lowest BCUT2D eigenvalue weighted by molar-refractivity contribution is 0.174. The molecule has 0 amide bonds. The monoisotopic (exact) mass is 194 g/mol. The molecule has 0 heterocycles. The molecule has 0 aromatic heterocycles. The molecule has 14 heavy (non-hydrogen) atoms. The van der Waals surface area contributed by atoms with E-state index in [1.165, 1.54) is 19.3 Å². The van der Waals surface area contributed by atoms with Crippen molar-refractivity contribution < 1.29 is 0 Å². The van der Waals surface area contributed by atoms with Crippen LogP contribution in [0.5, 0.6) is 0 Å². The minimum absolute atomic E-state index is 0.693. The quantitative estimate of drug-likeness (QED) is 0.671. The van der Waals surface area contributed by atoms with Crippen LogP contribution in [-0.4, -0.2) is 30.6 Å². The lowest BCUT2D eigenvalue weighted by Crippen LogP contribution is -2.40. The van der Waals surface area contributed by atoms with Crippen LogP contribution in [0, 0.1) is 18.3 Å². The molecule has 0 aromatic rings. The Bertz CT molecular complexity index is 195. The van der Waals surface area contributed by atoms with Crippen LogP contribution in [0.3, 0.4) is 0 Å². The molecule has 1 rings (SSSR count). The third-order valence-electron chi connectivity index (χ3n) is 3.34. The van der Waals surface area contributed by atoms with Gasteiger partial charge in [0.25, 0.3) is 0 Å². The first-order valence-corrected chi connectivity index (χ1v) is 5.71. The second kappa shape index (κ2) is 6.06. The average molecular weight is 194 g/mol. The molecule has 0 spiro atoms. The zero-order valence-corrected chi connectivity index (χ0v) is 9.21. The molecule has 0 bridgehead atoms. The third kappa shape index (κ3) is 2.73. The fourth-order valence-electron chi connectivity index (χ4n) is 2.54. The molecule has 0 aliphatic heterocycles. The predicted octanol–water partition coefficient (Wildman–Crippen LogP) is 1.46. The Hall–Kier alpha value is -0.520. The summed E-state index contributed by atoms with van der Waals surface area (Å²) in [6.45, 7) is 5.18. The fraction of sp³-hybridized carbons (Fsp3) is 0.833. The third-order valence-corrected chi connectivity index (χ3v) is 3.34. The molecule has 1 saturated carbocycles. The highest BCUT2D eigenvalue weighted by atomic mass is 15.2. The van der Waals surface area contributed by atoms with Crippen LogP contribution in [0.4, 0.5) is 0 Å². The van der Waals surface area contributed by atoms with E-state index in [9.17, 15) is 0 Å². The Kier molecular flexibility index (Phi) is 5.00. The van der Waals surface area contributed by atoms with Gasteiger partial charge in [-0.05, 0) is 31.8 Å². The second-order valence-corrected chi connectivity index (χ2v) is 4.08. The van der Waals surface area contributed by atoms with Crippen molar-refractivity contribution in [2.75, 3.05) is 19.6 Å². The van der Waals surface area contributed by atoms with Crippen molar-refractivity contribution in [2.45, 2.75) is 38.6 Å². The molecule has 1 fully saturated rings. The van der Waals surface area contributed by atoms with Gasteiger partial charge < -0.3 is 5.73 Å². The molecule has 0 radical (unpaired) electrons. The molecular formula is C12H22N2. The normalized spacial score (nSPS) is 26.7. The Morgan fingerprint density at radius 3 is 2.86 bits per heavy atom. The van der Waals surface area contributed by atoms with E-state index in [4.69, 9.17) is 12.2 Å². The summed E-state index contributed by atoms with van der Waals surface area (Å²) in [7, 11) is 0. The first-order valence-electron chi connectivity index (χ1n) is 5.71. The Labute approximate surface area is 87.8 Å². The highest BCUT2D eigenvalue weighted by Crippen LogP contribution is 2.29. The maximum Gasteiger partial charge on any atom is 0.0214 e. The van der Waals surface area contributed by atoms with Crippen LogP contribution in [-0.2, 0) is 0 Å². The van der Waals surface area contributed by atoms with Crippen molar-refractivity contribution >= 4 is 0 Å². The Balaban J connectivity index is 2.46. The van der Waals surface area contributed by atoms with E-state index in [1.807, 2.05) is 0 Å². The molecule has 2 atom stereocenters. The van der Waals surface area contributed by atoms with Crippen LogP contribution in [0.15, 0.2) is 0 Å². The zero-order valence-electron chi connectivity index (χ0n) is 9.21. The van der Waals surface area contributed by atoms with Gasteiger partial charge in [-0.25, -0.2) is 0 Å². The summed E-state index contributed by atoms with van der Waals surface area (Å²) in [5, 5.41) is 0. The molecular weight excluding hydrogens is 172 g/mol. The van der Waals surface area contributed by atoms with Gasteiger partial charge in [0.15, 0.2) is 0 Å². The lowest BCUT2D eigenvalue weighted by Gasteiger charge is -2.31. The molecule has 1 aliphatic rings. The smallest absolute Gasteiger partial charge is 0.0214 e. The maximum absolute atomic E-state index is 5.78. The van der Waals surface area contributed by atoms with Gasteiger partial charge in [-0.15, -0.1) is 12.3 Å². The van der Waals surface area contributed by atoms with Crippen molar-refractivity contribution in [1.29, 1.82) is 0 Å². The molecule has 2 heteroatoms. The number of hydrogen-bond acceptors (Lipinski definition) is 2. The van der Waals surface area contributed by atoms with Crippen molar-refractivity contribution in [3.8, 4) is 12.3 Å². The summed E-state index contributed by atoms with van der Waals surface area (Å²) in [6.07, 6.45) is 10.1. The van der Waals surface area contributed by atoms with Gasteiger partial charge in [-0.1, -0.05) is 13.3 Å². The van der Waals surface area contributed by atoms with Crippen molar-refractivity contribution in [3.05, 3.63) is 0 Å². The van der Waals surface area contributed by atoms with E-state index >= 15 is 0 Å². The molecule has 0 aromatic carbocycles. The topological polar surface area (TPSA) is 29.3 Å². The summed E-state index contributed by atoms with van der Waals surface area (Å²) in [5.74, 6) is 3.42. The number of rotatable bonds is 5. The number of hydrogen-bond donors (Lipinski definition) is 1. The van der Waals surface area contributed by atoms with Gasteiger partial charge in [-0.2, -0.15) is 0 Å². The van der Waals surface area contributed by atoms with Gasteiger partial charge in [0.2, 0.25) is 0 Å². The predicted molar refractivity (Wildman–Crippen MR) is 60.9 cm³/mol. The second-order valence-electron chi connectivity index (χ2n) is 4.08. The first-order chi connectivity index (χ1) is 6.83. The summed E-state index contributed by atoms with van der Waals surface area (Å²) in [6, 6.07) is 0.693. The summed E-state index contributed by atoms with van der Waals surface area (Å²) < 4.78 is 0. The summed E-state index contributed by atoms with van der Waals surface area (Å²) in [5.41, 5.74) is 5.78. The van der Waals surface area contributed by atoms with Crippen molar-refractivity contribution in [1.82, 2.24) is 4.90 Å². The largest absolute Gasteiger partial charge is 0.330 e. The number of terminal acetylenes is 1. The number of nitrogens with zero attached hydrogens (tertiary/aromatic N) is 1. The molecule has 0 saturated heterocycles. The SMILES string of the molecule is C#CCCN(CC)C1CCCC1CN. The average Bonchev–Trinajstić information content (AvgIpc) is 2.67. The van der Waals surface area contributed by atoms with Gasteiger partial charge in [-0.3, -0.25) is 4.90 Å². The van der Waals surface area contributed by atoms with Crippen LogP contribution < -0.4 is 5.73 Å². The molecule has 2 unspecified atom stereocenters. The molecule has 1 aliphatic carbocycles. The minimum atomic E-state index is 0.693. The van der Waals surface area contributed by atoms with E-state index in [0.717, 1.165) is 26.1 Å². The Morgan fingerprint density at radius 1 is 1.50 bits per heavy atom. The maximum atomic E-state index is 5.78. The Morgan fingerprint density at radius 2 is 2.29 bits per heavy atom. The van der Waals surface area contributed by atoms with Crippen molar-refractivity contribution in [3.63, 3.8) is 0 Å². The fourth-order valence-corrected chi connectivity index (χ4v) is 2.54. The molecule has 2 N–H and O–H groups in total. The lowest BCUT2D eigenvalue weighted by atomic mass is 10.0. The van der Waals surface area contributed by atoms with Crippen molar-refractivity contribution in [2.24, 2.45) is 11.7 Å². The highest BCUT2D eigenvalue weighted by Gasteiger charge is 2.29. The van der Waals surface area contributed by atoms with E-state index in [0.29, 0.717) is 12.0 Å². The first kappa shape index (κ1) is 11.6. The van der Waals surface area contributed by atoms with E-state index in [-0.39, 0.29) is 0 Å². The standard InChI is InChI=1S/C12H22N2/c1-3-5-9-14(4-2)12-8-6-7-11(12)10-13/h1,11-12H,4-10,13H2,2H3. The van der Waals surface area contributed by atoms with E-state index < -0.39 is 0 Å². The van der Waals surface area contributed by atoms with E-state index in [2.05, 4.69) is 17.7 Å².